The molecule has 12 rings (SSSR count). The van der Waals surface area contributed by atoms with Crippen molar-refractivity contribution in [3.8, 4) is 27.9 Å². The van der Waals surface area contributed by atoms with Crippen molar-refractivity contribution in [2.75, 3.05) is 4.90 Å². The highest BCUT2D eigenvalue weighted by atomic mass is 32.1. The maximum absolute atomic E-state index is 2.48. The molecule has 0 fully saturated rings. The van der Waals surface area contributed by atoms with E-state index in [9.17, 15) is 0 Å². The second-order valence-corrected chi connectivity index (χ2v) is 17.0. The Bertz CT molecular complexity index is 3460. The summed E-state index contributed by atoms with van der Waals surface area (Å²) in [5.41, 5.74) is 11.9. The van der Waals surface area contributed by atoms with Crippen LogP contribution >= 0.6 is 22.7 Å². The van der Waals surface area contributed by atoms with Crippen molar-refractivity contribution in [2.24, 2.45) is 0 Å². The molecule has 0 amide bonds. The molecule has 2 nitrogen and oxygen atoms in total. The van der Waals surface area contributed by atoms with Gasteiger partial charge in [0.25, 0.3) is 0 Å². The van der Waals surface area contributed by atoms with Crippen molar-refractivity contribution in [1.29, 1.82) is 0 Å². The van der Waals surface area contributed by atoms with E-state index in [1.165, 1.54) is 101 Å². The van der Waals surface area contributed by atoms with E-state index in [0.29, 0.717) is 0 Å². The van der Waals surface area contributed by atoms with Gasteiger partial charge < -0.3 is 9.47 Å². The lowest BCUT2D eigenvalue weighted by atomic mass is 9.98. The summed E-state index contributed by atoms with van der Waals surface area (Å²) in [6.45, 7) is 0. The lowest BCUT2D eigenvalue weighted by Crippen LogP contribution is -2.10. The number of anilines is 3. The Hall–Kier alpha value is -6.98. The summed E-state index contributed by atoms with van der Waals surface area (Å²) in [7, 11) is 0. The number of rotatable bonds is 6. The van der Waals surface area contributed by atoms with Crippen LogP contribution in [0.25, 0.3) is 90.1 Å². The van der Waals surface area contributed by atoms with E-state index in [4.69, 9.17) is 0 Å². The number of hydrogen-bond acceptors (Lipinski definition) is 3. The van der Waals surface area contributed by atoms with E-state index in [1.54, 1.807) is 0 Å². The van der Waals surface area contributed by atoms with Gasteiger partial charge in [-0.15, -0.1) is 22.7 Å². The second-order valence-electron chi connectivity index (χ2n) is 14.8. The number of para-hydroxylation sites is 3. The topological polar surface area (TPSA) is 8.17 Å². The first-order valence-corrected chi connectivity index (χ1v) is 21.3. The van der Waals surface area contributed by atoms with Crippen LogP contribution in [0, 0.1) is 0 Å². The van der Waals surface area contributed by atoms with Crippen LogP contribution in [-0.2, 0) is 0 Å². The van der Waals surface area contributed by atoms with Gasteiger partial charge in [-0.25, -0.2) is 0 Å². The molecule has 0 spiro atoms. The van der Waals surface area contributed by atoms with Crippen LogP contribution in [0.2, 0.25) is 0 Å². The summed E-state index contributed by atoms with van der Waals surface area (Å²) in [6.07, 6.45) is 0. The molecule has 0 aliphatic rings. The maximum Gasteiger partial charge on any atom is 0.0640 e. The molecule has 12 aromatic rings. The monoisotopic (exact) mass is 774 g/mol. The molecule has 0 saturated carbocycles. The molecule has 272 valence electrons. The standard InChI is InChI=1S/C54H34N2S2/c1-6-19-45(56-46-20-7-2-14-40(46)41-15-3-8-21-47(41)56)39(13-1)37-29-27-35(28-30-37)36-31-33-38(34-32-36)55(48-22-12-26-52-53(48)44-17-5-10-25-51(44)57-52)49-23-11-18-43-42-16-4-9-24-50(42)58-54(43)49/h1-34H. The van der Waals surface area contributed by atoms with Crippen LogP contribution in [0.15, 0.2) is 206 Å². The summed E-state index contributed by atoms with van der Waals surface area (Å²) in [5.74, 6) is 0. The minimum absolute atomic E-state index is 1.13. The van der Waals surface area contributed by atoms with Crippen LogP contribution in [-0.4, -0.2) is 4.57 Å². The summed E-state index contributed by atoms with van der Waals surface area (Å²) < 4.78 is 7.61. The van der Waals surface area contributed by atoms with Gasteiger partial charge in [-0.05, 0) is 77.4 Å². The highest BCUT2D eigenvalue weighted by molar-refractivity contribution is 7.26. The van der Waals surface area contributed by atoms with Crippen LogP contribution in [0.1, 0.15) is 0 Å². The van der Waals surface area contributed by atoms with E-state index >= 15 is 0 Å². The molecule has 3 heterocycles. The molecule has 0 bridgehead atoms. The molecule has 0 atom stereocenters. The fourth-order valence-electron chi connectivity index (χ4n) is 9.00. The van der Waals surface area contributed by atoms with Crippen molar-refractivity contribution < 1.29 is 0 Å². The number of fused-ring (bicyclic) bond motifs is 9. The van der Waals surface area contributed by atoms with E-state index < -0.39 is 0 Å². The van der Waals surface area contributed by atoms with E-state index in [2.05, 4.69) is 216 Å². The number of benzene rings is 9. The van der Waals surface area contributed by atoms with Crippen molar-refractivity contribution in [1.82, 2.24) is 4.57 Å². The minimum Gasteiger partial charge on any atom is -0.309 e. The molecule has 0 aliphatic heterocycles. The molecule has 0 N–H and O–H groups in total. The highest BCUT2D eigenvalue weighted by Gasteiger charge is 2.22. The predicted molar refractivity (Wildman–Crippen MR) is 252 cm³/mol. The van der Waals surface area contributed by atoms with Gasteiger partial charge in [0.05, 0.1) is 32.8 Å². The Morgan fingerprint density at radius 2 is 0.862 bits per heavy atom. The quantitative estimate of drug-likeness (QED) is 0.163. The number of nitrogens with zero attached hydrogens (tertiary/aromatic N) is 2. The molecule has 4 heteroatoms. The smallest absolute Gasteiger partial charge is 0.0640 e. The zero-order valence-corrected chi connectivity index (χ0v) is 33.0. The van der Waals surface area contributed by atoms with E-state index in [-0.39, 0.29) is 0 Å². The fraction of sp³-hybridized carbons (Fsp3) is 0. The van der Waals surface area contributed by atoms with Gasteiger partial charge in [0.15, 0.2) is 0 Å². The predicted octanol–water partition coefficient (Wildman–Crippen LogP) is 16.3. The Morgan fingerprint density at radius 3 is 1.60 bits per heavy atom. The lowest BCUT2D eigenvalue weighted by Gasteiger charge is -2.27. The SMILES string of the molecule is c1ccc(-n2c3ccccc3c3ccccc32)c(-c2ccc(-c3ccc(N(c4cccc5c4sc4ccccc45)c4cccc5sc6ccccc6c45)cc3)cc2)c1. The Morgan fingerprint density at radius 1 is 0.345 bits per heavy atom. The zero-order valence-electron chi connectivity index (χ0n) is 31.3. The van der Waals surface area contributed by atoms with Crippen LogP contribution in [0.4, 0.5) is 17.1 Å². The van der Waals surface area contributed by atoms with Gasteiger partial charge in [-0.3, -0.25) is 0 Å². The van der Waals surface area contributed by atoms with Crippen molar-refractivity contribution in [3.05, 3.63) is 206 Å². The third-order valence-corrected chi connectivity index (χ3v) is 14.0. The minimum atomic E-state index is 1.13. The van der Waals surface area contributed by atoms with Crippen LogP contribution in [0.3, 0.4) is 0 Å². The molecule has 58 heavy (non-hydrogen) atoms. The first kappa shape index (κ1) is 33.2. The number of thiophene rings is 2. The van der Waals surface area contributed by atoms with Gasteiger partial charge in [0.1, 0.15) is 0 Å². The molecule has 3 aromatic heterocycles. The van der Waals surface area contributed by atoms with E-state index in [0.717, 1.165) is 5.69 Å². The summed E-state index contributed by atoms with van der Waals surface area (Å²) in [5, 5.41) is 7.73. The molecule has 0 unspecified atom stereocenters. The summed E-state index contributed by atoms with van der Waals surface area (Å²) in [4.78, 5) is 2.48. The average molecular weight is 775 g/mol. The molecular formula is C54H34N2S2. The second kappa shape index (κ2) is 13.3. The molecule has 9 aromatic carbocycles. The Balaban J connectivity index is 0.963. The van der Waals surface area contributed by atoms with Crippen LogP contribution in [0.5, 0.6) is 0 Å². The van der Waals surface area contributed by atoms with Crippen molar-refractivity contribution in [3.63, 3.8) is 0 Å². The number of aromatic nitrogens is 1. The van der Waals surface area contributed by atoms with Crippen molar-refractivity contribution in [2.45, 2.75) is 0 Å². The van der Waals surface area contributed by atoms with Gasteiger partial charge in [-0.1, -0.05) is 146 Å². The van der Waals surface area contributed by atoms with Gasteiger partial charge in [0, 0.05) is 57.7 Å². The van der Waals surface area contributed by atoms with Crippen molar-refractivity contribution >= 4 is 102 Å². The average Bonchev–Trinajstić information content (AvgIpc) is 3.97. The number of hydrogen-bond donors (Lipinski definition) is 0. The first-order chi connectivity index (χ1) is 28.8. The van der Waals surface area contributed by atoms with Gasteiger partial charge in [-0.2, -0.15) is 0 Å². The maximum atomic E-state index is 2.48. The molecule has 0 aliphatic carbocycles. The van der Waals surface area contributed by atoms with Crippen LogP contribution < -0.4 is 4.90 Å². The van der Waals surface area contributed by atoms with Gasteiger partial charge >= 0.3 is 0 Å². The third kappa shape index (κ3) is 5.16. The fourth-order valence-corrected chi connectivity index (χ4v) is 11.3. The van der Waals surface area contributed by atoms with Gasteiger partial charge in [0.2, 0.25) is 0 Å². The van der Waals surface area contributed by atoms with E-state index in [1.807, 2.05) is 22.7 Å². The first-order valence-electron chi connectivity index (χ1n) is 19.7. The summed E-state index contributed by atoms with van der Waals surface area (Å²) in [6, 6.07) is 75.5. The lowest BCUT2D eigenvalue weighted by molar-refractivity contribution is 1.18. The largest absolute Gasteiger partial charge is 0.309 e. The molecular weight excluding hydrogens is 741 g/mol. The highest BCUT2D eigenvalue weighted by Crippen LogP contribution is 2.49. The Labute approximate surface area is 343 Å². The Kier molecular flexibility index (Phi) is 7.62. The zero-order chi connectivity index (χ0) is 38.2. The summed E-state index contributed by atoms with van der Waals surface area (Å²) >= 11 is 3.74. The molecule has 0 radical (unpaired) electrons. The normalized spacial score (nSPS) is 11.8. The molecule has 0 saturated heterocycles. The third-order valence-electron chi connectivity index (χ3n) is 11.6.